The Bertz CT molecular complexity index is 250. The fourth-order valence-electron chi connectivity index (χ4n) is 2.02. The minimum absolute atomic E-state index is 0.147. The van der Waals surface area contributed by atoms with Crippen LogP contribution in [-0.4, -0.2) is 28.3 Å². The van der Waals surface area contributed by atoms with Crippen molar-refractivity contribution in [3.63, 3.8) is 0 Å². The van der Waals surface area contributed by atoms with E-state index < -0.39 is 0 Å². The van der Waals surface area contributed by atoms with Crippen LogP contribution >= 0.6 is 12.2 Å². The van der Waals surface area contributed by atoms with Crippen molar-refractivity contribution in [2.24, 2.45) is 5.92 Å². The first-order valence-electron chi connectivity index (χ1n) is 5.86. The summed E-state index contributed by atoms with van der Waals surface area (Å²) < 4.78 is 0. The van der Waals surface area contributed by atoms with Crippen LogP contribution in [0.1, 0.15) is 46.5 Å². The number of piperidine rings is 1. The Kier molecular flexibility index (Phi) is 4.71. The van der Waals surface area contributed by atoms with Gasteiger partial charge in [0.25, 0.3) is 0 Å². The number of likely N-dealkylation sites (tertiary alicyclic amines) is 1. The summed E-state index contributed by atoms with van der Waals surface area (Å²) in [5.41, 5.74) is 0. The molecule has 0 spiro atoms. The first-order valence-corrected chi connectivity index (χ1v) is 6.27. The summed E-state index contributed by atoms with van der Waals surface area (Å²) in [5.74, 6) is 0.546. The minimum Gasteiger partial charge on any atom is -0.357 e. The molecule has 0 aromatic rings. The van der Waals surface area contributed by atoms with Gasteiger partial charge in [-0.2, -0.15) is 0 Å². The Morgan fingerprint density at radius 3 is 2.67 bits per heavy atom. The van der Waals surface area contributed by atoms with Gasteiger partial charge in [-0.1, -0.05) is 26.1 Å². The summed E-state index contributed by atoms with van der Waals surface area (Å²) in [6.45, 7) is 7.23. The normalized spacial score (nSPS) is 21.9. The zero-order valence-corrected chi connectivity index (χ0v) is 10.8. The molecule has 0 N–H and O–H groups in total. The van der Waals surface area contributed by atoms with Gasteiger partial charge in [0.1, 0.15) is 4.99 Å². The van der Waals surface area contributed by atoms with Gasteiger partial charge in [-0.3, -0.25) is 4.79 Å². The zero-order valence-electron chi connectivity index (χ0n) is 9.95. The molecule has 1 rings (SSSR count). The maximum absolute atomic E-state index is 11.8. The fraction of sp³-hybridized carbons (Fsp3) is 0.833. The molecule has 1 fully saturated rings. The van der Waals surface area contributed by atoms with E-state index in [0.29, 0.717) is 23.4 Å². The van der Waals surface area contributed by atoms with Gasteiger partial charge in [0, 0.05) is 19.0 Å². The second-order valence-corrected chi connectivity index (χ2v) is 5.25. The topological polar surface area (TPSA) is 20.3 Å². The quantitative estimate of drug-likeness (QED) is 0.692. The third kappa shape index (κ3) is 3.56. The van der Waals surface area contributed by atoms with Gasteiger partial charge in [-0.05, 0) is 32.1 Å². The molecule has 1 aliphatic rings. The smallest absolute Gasteiger partial charge is 0.190 e. The highest BCUT2D eigenvalue weighted by molar-refractivity contribution is 7.82. The van der Waals surface area contributed by atoms with E-state index in [1.807, 2.05) is 0 Å². The van der Waals surface area contributed by atoms with E-state index in [4.69, 9.17) is 12.2 Å². The number of hydrogen-bond acceptors (Lipinski definition) is 2. The molecular weight excluding hydrogens is 206 g/mol. The van der Waals surface area contributed by atoms with Crippen LogP contribution in [0.4, 0.5) is 0 Å². The van der Waals surface area contributed by atoms with E-state index >= 15 is 0 Å². The van der Waals surface area contributed by atoms with Gasteiger partial charge < -0.3 is 4.90 Å². The Morgan fingerprint density at radius 1 is 1.47 bits per heavy atom. The summed E-state index contributed by atoms with van der Waals surface area (Å²) in [4.78, 5) is 14.5. The molecule has 1 unspecified atom stereocenters. The van der Waals surface area contributed by atoms with E-state index in [2.05, 4.69) is 25.7 Å². The second-order valence-electron chi connectivity index (χ2n) is 4.86. The van der Waals surface area contributed by atoms with E-state index in [-0.39, 0.29) is 5.78 Å². The SMILES string of the molecule is CC(C)CC(=O)C(=S)N1CCCCC1C. The number of nitrogens with zero attached hydrogens (tertiary/aromatic N) is 1. The van der Waals surface area contributed by atoms with E-state index in [1.54, 1.807) is 0 Å². The lowest BCUT2D eigenvalue weighted by Crippen LogP contribution is -2.44. The standard InChI is InChI=1S/C12H21NOS/c1-9(2)8-11(14)12(15)13-7-5-4-6-10(13)3/h9-10H,4-8H2,1-3H3. The van der Waals surface area contributed by atoms with Crippen molar-refractivity contribution in [1.29, 1.82) is 0 Å². The number of ketones is 1. The summed E-state index contributed by atoms with van der Waals surface area (Å²) in [6, 6.07) is 0.447. The molecule has 1 aliphatic heterocycles. The first kappa shape index (κ1) is 12.6. The van der Waals surface area contributed by atoms with Crippen LogP contribution in [0, 0.1) is 5.92 Å². The summed E-state index contributed by atoms with van der Waals surface area (Å²) >= 11 is 5.27. The maximum atomic E-state index is 11.8. The van der Waals surface area contributed by atoms with Crippen LogP contribution in [0.2, 0.25) is 0 Å². The molecule has 0 saturated carbocycles. The summed E-state index contributed by atoms with van der Waals surface area (Å²) in [7, 11) is 0. The zero-order chi connectivity index (χ0) is 11.4. The summed E-state index contributed by atoms with van der Waals surface area (Å²) in [5, 5.41) is 0. The third-order valence-corrected chi connectivity index (χ3v) is 3.36. The number of rotatable bonds is 3. The Hall–Kier alpha value is -0.440. The van der Waals surface area contributed by atoms with Crippen LogP contribution in [0.3, 0.4) is 0 Å². The molecule has 15 heavy (non-hydrogen) atoms. The molecule has 2 nitrogen and oxygen atoms in total. The molecule has 0 radical (unpaired) electrons. The van der Waals surface area contributed by atoms with Gasteiger partial charge >= 0.3 is 0 Å². The minimum atomic E-state index is 0.147. The molecule has 0 aromatic heterocycles. The predicted octanol–water partition coefficient (Wildman–Crippen LogP) is 2.80. The number of carbonyl (C=O) groups is 1. The lowest BCUT2D eigenvalue weighted by Gasteiger charge is -2.35. The average Bonchev–Trinajstić information content (AvgIpc) is 2.16. The molecule has 1 saturated heterocycles. The van der Waals surface area contributed by atoms with Crippen molar-refractivity contribution >= 4 is 23.0 Å². The average molecular weight is 227 g/mol. The van der Waals surface area contributed by atoms with E-state index in [1.165, 1.54) is 12.8 Å². The van der Waals surface area contributed by atoms with Gasteiger partial charge in [0.05, 0.1) is 0 Å². The van der Waals surface area contributed by atoms with Crippen LogP contribution in [0.15, 0.2) is 0 Å². The van der Waals surface area contributed by atoms with Gasteiger partial charge in [-0.15, -0.1) is 0 Å². The number of hydrogen-bond donors (Lipinski definition) is 0. The monoisotopic (exact) mass is 227 g/mol. The molecule has 0 aliphatic carbocycles. The maximum Gasteiger partial charge on any atom is 0.190 e. The molecule has 86 valence electrons. The van der Waals surface area contributed by atoms with Crippen molar-refractivity contribution in [1.82, 2.24) is 4.90 Å². The Balaban J connectivity index is 2.54. The van der Waals surface area contributed by atoms with Crippen LogP contribution in [0.5, 0.6) is 0 Å². The van der Waals surface area contributed by atoms with Crippen molar-refractivity contribution in [3.8, 4) is 0 Å². The molecule has 0 amide bonds. The molecule has 3 heteroatoms. The highest BCUT2D eigenvalue weighted by Crippen LogP contribution is 2.18. The van der Waals surface area contributed by atoms with Crippen molar-refractivity contribution in [2.45, 2.75) is 52.5 Å². The Morgan fingerprint density at radius 2 is 2.13 bits per heavy atom. The third-order valence-electron chi connectivity index (χ3n) is 2.90. The van der Waals surface area contributed by atoms with Crippen LogP contribution in [0.25, 0.3) is 0 Å². The first-order chi connectivity index (χ1) is 7.02. The molecule has 1 heterocycles. The fourth-order valence-corrected chi connectivity index (χ4v) is 2.37. The Labute approximate surface area is 98.0 Å². The van der Waals surface area contributed by atoms with E-state index in [0.717, 1.165) is 13.0 Å². The van der Waals surface area contributed by atoms with Gasteiger partial charge in [0.15, 0.2) is 5.78 Å². The van der Waals surface area contributed by atoms with Crippen molar-refractivity contribution in [2.75, 3.05) is 6.54 Å². The highest BCUT2D eigenvalue weighted by atomic mass is 32.1. The number of Topliss-reactive ketones (excluding diaryl/α,β-unsaturated/α-hetero) is 1. The number of carbonyl (C=O) groups excluding carboxylic acids is 1. The van der Waals surface area contributed by atoms with Crippen molar-refractivity contribution in [3.05, 3.63) is 0 Å². The van der Waals surface area contributed by atoms with Gasteiger partial charge in [-0.25, -0.2) is 0 Å². The highest BCUT2D eigenvalue weighted by Gasteiger charge is 2.24. The molecule has 1 atom stereocenters. The second kappa shape index (κ2) is 5.59. The lowest BCUT2D eigenvalue weighted by atomic mass is 10.0. The molecule has 0 aromatic carbocycles. The molecular formula is C12H21NOS. The molecule has 0 bridgehead atoms. The lowest BCUT2D eigenvalue weighted by molar-refractivity contribution is -0.114. The van der Waals surface area contributed by atoms with Gasteiger partial charge in [0.2, 0.25) is 0 Å². The summed E-state index contributed by atoms with van der Waals surface area (Å²) in [6.07, 6.45) is 4.18. The van der Waals surface area contributed by atoms with Crippen LogP contribution < -0.4 is 0 Å². The largest absolute Gasteiger partial charge is 0.357 e. The predicted molar refractivity (Wildman–Crippen MR) is 67.1 cm³/mol. The number of thiocarbonyl (C=S) groups is 1. The van der Waals surface area contributed by atoms with Crippen molar-refractivity contribution < 1.29 is 4.79 Å². The van der Waals surface area contributed by atoms with E-state index in [9.17, 15) is 4.79 Å². The van der Waals surface area contributed by atoms with Crippen LogP contribution in [-0.2, 0) is 4.79 Å².